The predicted octanol–water partition coefficient (Wildman–Crippen LogP) is 2.21. The topological polar surface area (TPSA) is 49.4 Å². The molecule has 1 fully saturated rings. The molecule has 1 atom stereocenters. The summed E-state index contributed by atoms with van der Waals surface area (Å²) in [6.07, 6.45) is 1.83. The SMILES string of the molecule is CCN1CCCC(NS(=O)(=O)c2c(C)cc(F)cc2C)C1. The second kappa shape index (κ2) is 6.42. The van der Waals surface area contributed by atoms with Crippen LogP contribution < -0.4 is 4.72 Å². The van der Waals surface area contributed by atoms with Gasteiger partial charge in [-0.25, -0.2) is 17.5 Å². The molecule has 1 aromatic carbocycles. The first-order chi connectivity index (χ1) is 9.83. The summed E-state index contributed by atoms with van der Waals surface area (Å²) < 4.78 is 41.3. The zero-order chi connectivity index (χ0) is 15.6. The van der Waals surface area contributed by atoms with Crippen molar-refractivity contribution >= 4 is 10.0 Å². The molecule has 0 aliphatic carbocycles. The Morgan fingerprint density at radius 3 is 2.52 bits per heavy atom. The van der Waals surface area contributed by atoms with Crippen LogP contribution in [0.4, 0.5) is 4.39 Å². The fraction of sp³-hybridized carbons (Fsp3) is 0.600. The summed E-state index contributed by atoms with van der Waals surface area (Å²) in [7, 11) is -3.61. The number of nitrogens with zero attached hydrogens (tertiary/aromatic N) is 1. The van der Waals surface area contributed by atoms with Gasteiger partial charge >= 0.3 is 0 Å². The first-order valence-corrected chi connectivity index (χ1v) is 8.83. The quantitative estimate of drug-likeness (QED) is 0.927. The molecule has 0 radical (unpaired) electrons. The van der Waals surface area contributed by atoms with Crippen LogP contribution in [0.1, 0.15) is 30.9 Å². The lowest BCUT2D eigenvalue weighted by atomic mass is 10.1. The van der Waals surface area contributed by atoms with E-state index in [1.54, 1.807) is 13.8 Å². The van der Waals surface area contributed by atoms with Crippen molar-refractivity contribution in [3.05, 3.63) is 29.1 Å². The van der Waals surface area contributed by atoms with Gasteiger partial charge in [-0.3, -0.25) is 0 Å². The third kappa shape index (κ3) is 3.81. The normalized spacial score (nSPS) is 20.7. The molecule has 1 aliphatic rings. The summed E-state index contributed by atoms with van der Waals surface area (Å²) in [5, 5.41) is 0. The number of hydrogen-bond donors (Lipinski definition) is 1. The molecule has 0 aromatic heterocycles. The molecule has 0 spiro atoms. The van der Waals surface area contributed by atoms with E-state index < -0.39 is 15.8 Å². The van der Waals surface area contributed by atoms with E-state index in [2.05, 4.69) is 16.5 Å². The van der Waals surface area contributed by atoms with Gasteiger partial charge in [-0.1, -0.05) is 6.92 Å². The molecule has 0 bridgehead atoms. The van der Waals surface area contributed by atoms with Gasteiger partial charge < -0.3 is 4.90 Å². The number of hydrogen-bond acceptors (Lipinski definition) is 3. The van der Waals surface area contributed by atoms with Gasteiger partial charge in [0.2, 0.25) is 10.0 Å². The molecule has 118 valence electrons. The summed E-state index contributed by atoms with van der Waals surface area (Å²) in [6.45, 7) is 8.00. The number of benzene rings is 1. The highest BCUT2D eigenvalue weighted by atomic mass is 32.2. The largest absolute Gasteiger partial charge is 0.302 e. The molecule has 1 aliphatic heterocycles. The van der Waals surface area contributed by atoms with Crippen LogP contribution in [0.3, 0.4) is 0 Å². The van der Waals surface area contributed by atoms with Crippen molar-refractivity contribution in [3.63, 3.8) is 0 Å². The minimum atomic E-state index is -3.61. The fourth-order valence-electron chi connectivity index (χ4n) is 3.04. The number of likely N-dealkylation sites (tertiary alicyclic amines) is 1. The summed E-state index contributed by atoms with van der Waals surface area (Å²) in [5.41, 5.74) is 0.895. The lowest BCUT2D eigenvalue weighted by Crippen LogP contribution is -2.47. The van der Waals surface area contributed by atoms with Crippen molar-refractivity contribution in [2.24, 2.45) is 0 Å². The Balaban J connectivity index is 2.23. The van der Waals surface area contributed by atoms with E-state index in [-0.39, 0.29) is 10.9 Å². The molecule has 1 saturated heterocycles. The lowest BCUT2D eigenvalue weighted by molar-refractivity contribution is 0.211. The van der Waals surface area contributed by atoms with Gasteiger partial charge in [-0.15, -0.1) is 0 Å². The molecular formula is C15H23FN2O2S. The van der Waals surface area contributed by atoms with E-state index in [0.29, 0.717) is 11.1 Å². The Bertz CT molecular complexity index is 593. The van der Waals surface area contributed by atoms with E-state index in [9.17, 15) is 12.8 Å². The Kier molecular flexibility index (Phi) is 5.01. The molecule has 1 N–H and O–H groups in total. The van der Waals surface area contributed by atoms with Crippen molar-refractivity contribution in [2.75, 3.05) is 19.6 Å². The second-order valence-corrected chi connectivity index (χ2v) is 7.37. The molecule has 0 amide bonds. The average molecular weight is 314 g/mol. The summed E-state index contributed by atoms with van der Waals surface area (Å²) in [5.74, 6) is -0.404. The fourth-order valence-corrected chi connectivity index (χ4v) is 4.75. The van der Waals surface area contributed by atoms with Gasteiger partial charge in [0, 0.05) is 12.6 Å². The highest BCUT2D eigenvalue weighted by Crippen LogP contribution is 2.22. The molecule has 2 rings (SSSR count). The van der Waals surface area contributed by atoms with Crippen LogP contribution in [0.15, 0.2) is 17.0 Å². The van der Waals surface area contributed by atoms with E-state index >= 15 is 0 Å². The van der Waals surface area contributed by atoms with E-state index in [1.807, 2.05) is 0 Å². The summed E-state index contributed by atoms with van der Waals surface area (Å²) in [6, 6.07) is 2.45. The highest BCUT2D eigenvalue weighted by Gasteiger charge is 2.27. The Hall–Kier alpha value is -0.980. The number of piperidine rings is 1. The van der Waals surface area contributed by atoms with Crippen molar-refractivity contribution in [1.29, 1.82) is 0 Å². The predicted molar refractivity (Wildman–Crippen MR) is 81.3 cm³/mol. The van der Waals surface area contributed by atoms with Gasteiger partial charge in [0.1, 0.15) is 5.82 Å². The Morgan fingerprint density at radius 2 is 1.95 bits per heavy atom. The van der Waals surface area contributed by atoms with E-state index in [0.717, 1.165) is 32.5 Å². The molecule has 0 saturated carbocycles. The number of rotatable bonds is 4. The summed E-state index contributed by atoms with van der Waals surface area (Å²) >= 11 is 0. The van der Waals surface area contributed by atoms with Crippen LogP contribution in [0.2, 0.25) is 0 Å². The average Bonchev–Trinajstić information content (AvgIpc) is 2.36. The van der Waals surface area contributed by atoms with Crippen LogP contribution in [0.5, 0.6) is 0 Å². The maximum atomic E-state index is 13.3. The maximum Gasteiger partial charge on any atom is 0.241 e. The number of aryl methyl sites for hydroxylation is 2. The van der Waals surface area contributed by atoms with Gasteiger partial charge in [-0.2, -0.15) is 0 Å². The molecule has 6 heteroatoms. The van der Waals surface area contributed by atoms with Crippen LogP contribution >= 0.6 is 0 Å². The minimum absolute atomic E-state index is 0.0763. The van der Waals surface area contributed by atoms with Crippen LogP contribution in [0.25, 0.3) is 0 Å². The Labute approximate surface area is 126 Å². The van der Waals surface area contributed by atoms with Gasteiger partial charge in [-0.05, 0) is 63.0 Å². The van der Waals surface area contributed by atoms with Gasteiger partial charge in [0.25, 0.3) is 0 Å². The van der Waals surface area contributed by atoms with Crippen molar-refractivity contribution in [1.82, 2.24) is 9.62 Å². The van der Waals surface area contributed by atoms with Crippen molar-refractivity contribution in [2.45, 2.75) is 44.6 Å². The smallest absolute Gasteiger partial charge is 0.241 e. The number of halogens is 1. The molecule has 21 heavy (non-hydrogen) atoms. The molecule has 1 aromatic rings. The van der Waals surface area contributed by atoms with Crippen LogP contribution in [0, 0.1) is 19.7 Å². The van der Waals surface area contributed by atoms with Crippen LogP contribution in [-0.4, -0.2) is 39.0 Å². The first-order valence-electron chi connectivity index (χ1n) is 7.35. The standard InChI is InChI=1S/C15H23FN2O2S/c1-4-18-7-5-6-14(10-18)17-21(19,20)15-11(2)8-13(16)9-12(15)3/h8-9,14,17H,4-7,10H2,1-3H3. The number of likely N-dealkylation sites (N-methyl/N-ethyl adjacent to an activating group) is 1. The Morgan fingerprint density at radius 1 is 1.33 bits per heavy atom. The van der Waals surface area contributed by atoms with Gasteiger partial charge in [0.15, 0.2) is 0 Å². The highest BCUT2D eigenvalue weighted by molar-refractivity contribution is 7.89. The third-order valence-electron chi connectivity index (χ3n) is 3.97. The first kappa shape index (κ1) is 16.4. The zero-order valence-electron chi connectivity index (χ0n) is 12.8. The molecule has 4 nitrogen and oxygen atoms in total. The number of sulfonamides is 1. The van der Waals surface area contributed by atoms with Crippen molar-refractivity contribution < 1.29 is 12.8 Å². The minimum Gasteiger partial charge on any atom is -0.302 e. The maximum absolute atomic E-state index is 13.3. The second-order valence-electron chi connectivity index (χ2n) is 5.72. The molecule has 1 unspecified atom stereocenters. The van der Waals surface area contributed by atoms with Crippen LogP contribution in [-0.2, 0) is 10.0 Å². The van der Waals surface area contributed by atoms with E-state index in [1.165, 1.54) is 12.1 Å². The summed E-state index contributed by atoms with van der Waals surface area (Å²) in [4.78, 5) is 2.44. The van der Waals surface area contributed by atoms with E-state index in [4.69, 9.17) is 0 Å². The zero-order valence-corrected chi connectivity index (χ0v) is 13.6. The number of nitrogens with one attached hydrogen (secondary N) is 1. The third-order valence-corrected chi connectivity index (χ3v) is 5.79. The van der Waals surface area contributed by atoms with Gasteiger partial charge in [0.05, 0.1) is 4.90 Å². The lowest BCUT2D eigenvalue weighted by Gasteiger charge is -2.32. The molecule has 1 heterocycles. The molecular weight excluding hydrogens is 291 g/mol. The monoisotopic (exact) mass is 314 g/mol. The van der Waals surface area contributed by atoms with Crippen molar-refractivity contribution in [3.8, 4) is 0 Å².